The average Bonchev–Trinajstić information content (AvgIpc) is 3.42. The van der Waals surface area contributed by atoms with Gasteiger partial charge in [-0.3, -0.25) is 9.59 Å². The number of hydrogen-bond donors (Lipinski definition) is 2. The van der Waals surface area contributed by atoms with E-state index in [2.05, 4.69) is 20.4 Å². The molecule has 0 aliphatic carbocycles. The molecule has 2 N–H and O–H groups in total. The predicted molar refractivity (Wildman–Crippen MR) is 129 cm³/mol. The number of hydrogen-bond acceptors (Lipinski definition) is 5. The first-order valence-corrected chi connectivity index (χ1v) is 10.7. The molecule has 0 saturated heterocycles. The first-order valence-electron chi connectivity index (χ1n) is 10.7. The van der Waals surface area contributed by atoms with E-state index in [0.29, 0.717) is 23.1 Å². The van der Waals surface area contributed by atoms with Crippen molar-refractivity contribution in [1.82, 2.24) is 19.7 Å². The molecule has 168 valence electrons. The lowest BCUT2D eigenvalue weighted by Gasteiger charge is -2.08. The zero-order chi connectivity index (χ0) is 23.7. The van der Waals surface area contributed by atoms with Crippen LogP contribution < -0.4 is 10.1 Å². The summed E-state index contributed by atoms with van der Waals surface area (Å²) in [5.41, 5.74) is 4.85. The minimum atomic E-state index is -0.361. The lowest BCUT2D eigenvalue weighted by Crippen LogP contribution is -2.15. The number of imidazole rings is 1. The molecular formula is C26H21N5O3. The fraction of sp³-hybridized carbons (Fsp3) is 0.0769. The zero-order valence-corrected chi connectivity index (χ0v) is 18.6. The number of aromatic nitrogens is 4. The van der Waals surface area contributed by atoms with Gasteiger partial charge in [0.15, 0.2) is 0 Å². The molecule has 0 aliphatic rings. The van der Waals surface area contributed by atoms with Gasteiger partial charge in [0.05, 0.1) is 16.7 Å². The van der Waals surface area contributed by atoms with Crippen molar-refractivity contribution in [3.8, 4) is 22.8 Å². The number of esters is 1. The molecule has 5 aromatic rings. The third-order valence-electron chi connectivity index (χ3n) is 5.25. The van der Waals surface area contributed by atoms with Crippen LogP contribution in [0.3, 0.4) is 0 Å². The van der Waals surface area contributed by atoms with E-state index in [-0.39, 0.29) is 11.9 Å². The largest absolute Gasteiger partial charge is 0.427 e. The maximum absolute atomic E-state index is 12.9. The number of carbonyl (C=O) groups excluding carboxylic acids is 2. The van der Waals surface area contributed by atoms with E-state index < -0.39 is 0 Å². The molecule has 0 spiro atoms. The number of H-pyrrole nitrogens is 1. The number of anilines is 1. The SMILES string of the molecule is CC(=O)Oc1ccc(-c2ccc(C(=O)Nc3cc(C)nn3-c3nc4ccccc4[nH]3)cc2)cc1. The number of ether oxygens (including phenoxy) is 1. The summed E-state index contributed by atoms with van der Waals surface area (Å²) in [7, 11) is 0. The van der Waals surface area contributed by atoms with Crippen molar-refractivity contribution in [3.63, 3.8) is 0 Å². The monoisotopic (exact) mass is 451 g/mol. The van der Waals surface area contributed by atoms with Crippen molar-refractivity contribution in [3.05, 3.63) is 90.1 Å². The second-order valence-electron chi connectivity index (χ2n) is 7.81. The van der Waals surface area contributed by atoms with Gasteiger partial charge in [0, 0.05) is 18.6 Å². The first kappa shape index (κ1) is 21.1. The van der Waals surface area contributed by atoms with Crippen LogP contribution in [0.5, 0.6) is 5.75 Å². The Hall–Kier alpha value is -4.72. The third-order valence-corrected chi connectivity index (χ3v) is 5.25. The summed E-state index contributed by atoms with van der Waals surface area (Å²) in [6.07, 6.45) is 0. The smallest absolute Gasteiger partial charge is 0.308 e. The van der Waals surface area contributed by atoms with E-state index in [1.165, 1.54) is 6.92 Å². The molecule has 0 radical (unpaired) electrons. The number of nitrogens with zero attached hydrogens (tertiary/aromatic N) is 3. The van der Waals surface area contributed by atoms with Gasteiger partial charge in [-0.1, -0.05) is 36.4 Å². The Morgan fingerprint density at radius 3 is 2.29 bits per heavy atom. The number of aryl methyl sites for hydroxylation is 1. The summed E-state index contributed by atoms with van der Waals surface area (Å²) in [6, 6.07) is 24.0. The lowest BCUT2D eigenvalue weighted by atomic mass is 10.0. The van der Waals surface area contributed by atoms with Crippen LogP contribution in [0, 0.1) is 6.92 Å². The van der Waals surface area contributed by atoms with Crippen molar-refractivity contribution in [2.75, 3.05) is 5.32 Å². The molecule has 0 atom stereocenters. The van der Waals surface area contributed by atoms with Crippen molar-refractivity contribution in [1.29, 1.82) is 0 Å². The van der Waals surface area contributed by atoms with Crippen LogP contribution in [-0.2, 0) is 4.79 Å². The van der Waals surface area contributed by atoms with E-state index in [4.69, 9.17) is 4.74 Å². The summed E-state index contributed by atoms with van der Waals surface area (Å²) in [6.45, 7) is 3.22. The molecule has 1 amide bonds. The highest BCUT2D eigenvalue weighted by Gasteiger charge is 2.15. The fourth-order valence-electron chi connectivity index (χ4n) is 3.67. The minimum Gasteiger partial charge on any atom is -0.427 e. The number of rotatable bonds is 5. The van der Waals surface area contributed by atoms with Gasteiger partial charge >= 0.3 is 5.97 Å². The van der Waals surface area contributed by atoms with Crippen LogP contribution in [0.4, 0.5) is 5.82 Å². The minimum absolute atomic E-state index is 0.256. The molecule has 8 heteroatoms. The number of nitrogens with one attached hydrogen (secondary N) is 2. The number of para-hydroxylation sites is 2. The lowest BCUT2D eigenvalue weighted by molar-refractivity contribution is -0.131. The topological polar surface area (TPSA) is 102 Å². The number of aromatic amines is 1. The Morgan fingerprint density at radius 2 is 1.62 bits per heavy atom. The van der Waals surface area contributed by atoms with Crippen LogP contribution in [-0.4, -0.2) is 31.6 Å². The number of carbonyl (C=O) groups is 2. The number of fused-ring (bicyclic) bond motifs is 1. The summed E-state index contributed by atoms with van der Waals surface area (Å²) >= 11 is 0. The van der Waals surface area contributed by atoms with Gasteiger partial charge in [-0.2, -0.15) is 9.78 Å². The Kier molecular flexibility index (Phi) is 5.39. The standard InChI is InChI=1S/C26H21N5O3/c1-16-15-24(31(30-16)26-27-22-5-3-4-6-23(22)28-26)29-25(33)20-9-7-18(8-10-20)19-11-13-21(14-12-19)34-17(2)32/h3-15H,1-2H3,(H,27,28)(H,29,33). The second-order valence-corrected chi connectivity index (χ2v) is 7.81. The summed E-state index contributed by atoms with van der Waals surface area (Å²) in [4.78, 5) is 31.8. The summed E-state index contributed by atoms with van der Waals surface area (Å²) in [5.74, 6) is 0.918. The number of benzene rings is 3. The molecule has 0 fully saturated rings. The Morgan fingerprint density at radius 1 is 0.941 bits per heavy atom. The van der Waals surface area contributed by atoms with Crippen molar-refractivity contribution < 1.29 is 14.3 Å². The zero-order valence-electron chi connectivity index (χ0n) is 18.6. The van der Waals surface area contributed by atoms with Gasteiger partial charge < -0.3 is 15.0 Å². The van der Waals surface area contributed by atoms with Crippen LogP contribution in [0.2, 0.25) is 0 Å². The maximum Gasteiger partial charge on any atom is 0.308 e. The molecule has 0 bridgehead atoms. The molecule has 0 unspecified atom stereocenters. The van der Waals surface area contributed by atoms with Gasteiger partial charge in [0.1, 0.15) is 11.6 Å². The van der Waals surface area contributed by atoms with Gasteiger partial charge in [-0.05, 0) is 54.4 Å². The van der Waals surface area contributed by atoms with E-state index in [9.17, 15) is 9.59 Å². The van der Waals surface area contributed by atoms with E-state index in [0.717, 1.165) is 27.9 Å². The van der Waals surface area contributed by atoms with Crippen molar-refractivity contribution in [2.24, 2.45) is 0 Å². The van der Waals surface area contributed by atoms with Gasteiger partial charge in [0.25, 0.3) is 5.91 Å². The normalized spacial score (nSPS) is 10.9. The van der Waals surface area contributed by atoms with Gasteiger partial charge in [-0.25, -0.2) is 4.98 Å². The Labute approximate surface area is 195 Å². The first-order chi connectivity index (χ1) is 16.5. The predicted octanol–water partition coefficient (Wildman–Crippen LogP) is 4.90. The highest BCUT2D eigenvalue weighted by atomic mass is 16.5. The molecule has 2 heterocycles. The summed E-state index contributed by atoms with van der Waals surface area (Å²) in [5, 5.41) is 7.41. The quantitative estimate of drug-likeness (QED) is 0.292. The average molecular weight is 451 g/mol. The maximum atomic E-state index is 12.9. The van der Waals surface area contributed by atoms with Crippen LogP contribution in [0.25, 0.3) is 28.1 Å². The van der Waals surface area contributed by atoms with Gasteiger partial charge in [0.2, 0.25) is 5.95 Å². The van der Waals surface area contributed by atoms with Crippen molar-refractivity contribution in [2.45, 2.75) is 13.8 Å². The van der Waals surface area contributed by atoms with Crippen LogP contribution in [0.15, 0.2) is 78.9 Å². The second kappa shape index (κ2) is 8.67. The molecule has 5 rings (SSSR count). The molecule has 0 aliphatic heterocycles. The number of amides is 1. The molecule has 2 aromatic heterocycles. The fourth-order valence-corrected chi connectivity index (χ4v) is 3.67. The van der Waals surface area contributed by atoms with Crippen LogP contribution >= 0.6 is 0 Å². The van der Waals surface area contributed by atoms with E-state index in [1.54, 1.807) is 35.0 Å². The Bertz CT molecular complexity index is 1470. The highest BCUT2D eigenvalue weighted by Crippen LogP contribution is 2.24. The summed E-state index contributed by atoms with van der Waals surface area (Å²) < 4.78 is 6.66. The van der Waals surface area contributed by atoms with E-state index in [1.807, 2.05) is 55.5 Å². The molecule has 0 saturated carbocycles. The van der Waals surface area contributed by atoms with Crippen LogP contribution in [0.1, 0.15) is 23.0 Å². The molecule has 8 nitrogen and oxygen atoms in total. The van der Waals surface area contributed by atoms with Gasteiger partial charge in [-0.15, -0.1) is 0 Å². The van der Waals surface area contributed by atoms with E-state index >= 15 is 0 Å². The molecule has 3 aromatic carbocycles. The molecular weight excluding hydrogens is 430 g/mol. The Balaban J connectivity index is 1.34. The third kappa shape index (κ3) is 4.29. The highest BCUT2D eigenvalue weighted by molar-refractivity contribution is 6.04. The molecule has 34 heavy (non-hydrogen) atoms. The van der Waals surface area contributed by atoms with Crippen molar-refractivity contribution >= 4 is 28.7 Å².